The van der Waals surface area contributed by atoms with Crippen molar-refractivity contribution in [3.05, 3.63) is 36.0 Å². The lowest BCUT2D eigenvalue weighted by atomic mass is 10.2. The third kappa shape index (κ3) is 3.83. The molecular formula is C16H21N3O. The fourth-order valence-electron chi connectivity index (χ4n) is 2.30. The molecule has 0 saturated heterocycles. The van der Waals surface area contributed by atoms with Crippen molar-refractivity contribution in [3.63, 3.8) is 0 Å². The van der Waals surface area contributed by atoms with E-state index in [1.54, 1.807) is 7.11 Å². The minimum Gasteiger partial charge on any atom is -0.383 e. The molecule has 1 aromatic heterocycles. The maximum Gasteiger partial charge on any atom is 0.0991 e. The van der Waals surface area contributed by atoms with Gasteiger partial charge in [0.25, 0.3) is 0 Å². The smallest absolute Gasteiger partial charge is 0.0991 e. The van der Waals surface area contributed by atoms with Gasteiger partial charge in [0.1, 0.15) is 0 Å². The number of aromatic nitrogens is 1. The van der Waals surface area contributed by atoms with E-state index >= 15 is 0 Å². The van der Waals surface area contributed by atoms with Crippen LogP contribution in [0, 0.1) is 11.3 Å². The van der Waals surface area contributed by atoms with Crippen molar-refractivity contribution in [2.45, 2.75) is 19.4 Å². The van der Waals surface area contributed by atoms with Crippen molar-refractivity contribution < 1.29 is 4.74 Å². The summed E-state index contributed by atoms with van der Waals surface area (Å²) in [4.78, 5) is 0. The number of nitriles is 1. The first-order chi connectivity index (χ1) is 9.85. The van der Waals surface area contributed by atoms with Gasteiger partial charge in [-0.05, 0) is 43.7 Å². The molecule has 0 bridgehead atoms. The number of nitrogens with zero attached hydrogens (tertiary/aromatic N) is 2. The Morgan fingerprint density at radius 3 is 2.95 bits per heavy atom. The Kier molecular flexibility index (Phi) is 5.60. The van der Waals surface area contributed by atoms with Gasteiger partial charge in [-0.15, -0.1) is 0 Å². The summed E-state index contributed by atoms with van der Waals surface area (Å²) >= 11 is 0. The van der Waals surface area contributed by atoms with Crippen molar-refractivity contribution in [3.8, 4) is 6.07 Å². The molecule has 20 heavy (non-hydrogen) atoms. The zero-order chi connectivity index (χ0) is 14.2. The lowest BCUT2D eigenvalue weighted by Gasteiger charge is -2.06. The van der Waals surface area contributed by atoms with Crippen LogP contribution in [0.25, 0.3) is 10.9 Å². The summed E-state index contributed by atoms with van der Waals surface area (Å²) in [5, 5.41) is 13.4. The number of fused-ring (bicyclic) bond motifs is 1. The quantitative estimate of drug-likeness (QED) is 0.751. The highest BCUT2D eigenvalue weighted by molar-refractivity contribution is 5.81. The van der Waals surface area contributed by atoms with Crippen LogP contribution in [0.5, 0.6) is 0 Å². The van der Waals surface area contributed by atoms with Crippen LogP contribution < -0.4 is 5.32 Å². The molecule has 0 amide bonds. The molecule has 106 valence electrons. The van der Waals surface area contributed by atoms with Gasteiger partial charge in [0.2, 0.25) is 0 Å². The SMILES string of the molecule is COCCNCCCCn1ccc2cc(C#N)ccc21. The zero-order valence-electron chi connectivity index (χ0n) is 11.9. The second kappa shape index (κ2) is 7.68. The Morgan fingerprint density at radius 1 is 1.25 bits per heavy atom. The van der Waals surface area contributed by atoms with Crippen LogP contribution >= 0.6 is 0 Å². The fraction of sp³-hybridized carbons (Fsp3) is 0.438. The number of ether oxygens (including phenoxy) is 1. The number of methoxy groups -OCH3 is 1. The normalized spacial score (nSPS) is 10.8. The van der Waals surface area contributed by atoms with Crippen LogP contribution in [0.2, 0.25) is 0 Å². The molecule has 2 rings (SSSR count). The molecule has 2 aromatic rings. The molecule has 0 spiro atoms. The van der Waals surface area contributed by atoms with Gasteiger partial charge in [0.05, 0.1) is 18.2 Å². The number of unbranched alkanes of at least 4 members (excludes halogenated alkanes) is 1. The maximum absolute atomic E-state index is 8.89. The molecule has 0 aliphatic carbocycles. The van der Waals surface area contributed by atoms with E-state index in [0.717, 1.165) is 50.0 Å². The van der Waals surface area contributed by atoms with Crippen molar-refractivity contribution >= 4 is 10.9 Å². The average molecular weight is 271 g/mol. The van der Waals surface area contributed by atoms with E-state index in [2.05, 4.69) is 28.2 Å². The highest BCUT2D eigenvalue weighted by Crippen LogP contribution is 2.17. The molecule has 0 aliphatic rings. The predicted molar refractivity (Wildman–Crippen MR) is 80.6 cm³/mol. The first-order valence-corrected chi connectivity index (χ1v) is 7.04. The molecule has 0 saturated carbocycles. The average Bonchev–Trinajstić information content (AvgIpc) is 2.88. The number of aryl methyl sites for hydroxylation is 1. The number of benzene rings is 1. The van der Waals surface area contributed by atoms with Gasteiger partial charge < -0.3 is 14.6 Å². The van der Waals surface area contributed by atoms with Crippen molar-refractivity contribution in [1.29, 1.82) is 5.26 Å². The number of hydrogen-bond donors (Lipinski definition) is 1. The van der Waals surface area contributed by atoms with Gasteiger partial charge in [-0.1, -0.05) is 0 Å². The molecule has 1 heterocycles. The predicted octanol–water partition coefficient (Wildman–Crippen LogP) is 2.53. The van der Waals surface area contributed by atoms with E-state index in [-0.39, 0.29) is 0 Å². The minimum atomic E-state index is 0.720. The lowest BCUT2D eigenvalue weighted by Crippen LogP contribution is -2.20. The van der Waals surface area contributed by atoms with E-state index in [0.29, 0.717) is 0 Å². The molecule has 0 aliphatic heterocycles. The van der Waals surface area contributed by atoms with Crippen LogP contribution in [0.1, 0.15) is 18.4 Å². The second-order valence-electron chi connectivity index (χ2n) is 4.84. The topological polar surface area (TPSA) is 50.0 Å². The molecule has 1 aromatic carbocycles. The molecule has 0 fully saturated rings. The monoisotopic (exact) mass is 271 g/mol. The Balaban J connectivity index is 1.80. The highest BCUT2D eigenvalue weighted by atomic mass is 16.5. The van der Waals surface area contributed by atoms with Crippen molar-refractivity contribution in [1.82, 2.24) is 9.88 Å². The summed E-state index contributed by atoms with van der Waals surface area (Å²) < 4.78 is 7.24. The van der Waals surface area contributed by atoms with E-state index in [1.807, 2.05) is 18.2 Å². The first kappa shape index (κ1) is 14.6. The van der Waals surface area contributed by atoms with Crippen LogP contribution in [0.3, 0.4) is 0 Å². The number of rotatable bonds is 8. The summed E-state index contributed by atoms with van der Waals surface area (Å²) in [6.45, 7) is 3.73. The Bertz CT molecular complexity index is 583. The summed E-state index contributed by atoms with van der Waals surface area (Å²) in [5.41, 5.74) is 1.92. The van der Waals surface area contributed by atoms with Crippen molar-refractivity contribution in [2.75, 3.05) is 26.8 Å². The van der Waals surface area contributed by atoms with Crippen molar-refractivity contribution in [2.24, 2.45) is 0 Å². The highest BCUT2D eigenvalue weighted by Gasteiger charge is 2.01. The van der Waals surface area contributed by atoms with Gasteiger partial charge in [0, 0.05) is 37.3 Å². The summed E-state index contributed by atoms with van der Waals surface area (Å²) in [6.07, 6.45) is 4.40. The first-order valence-electron chi connectivity index (χ1n) is 7.04. The standard InChI is InChI=1S/C16H21N3O/c1-20-11-8-18-7-2-3-9-19-10-6-15-12-14(13-17)4-5-16(15)19/h4-6,10,12,18H,2-3,7-9,11H2,1H3. The van der Waals surface area contributed by atoms with Gasteiger partial charge in [-0.25, -0.2) is 0 Å². The van der Waals surface area contributed by atoms with E-state index in [1.165, 1.54) is 5.52 Å². The molecule has 0 atom stereocenters. The van der Waals surface area contributed by atoms with E-state index in [9.17, 15) is 0 Å². The maximum atomic E-state index is 8.89. The lowest BCUT2D eigenvalue weighted by molar-refractivity contribution is 0.199. The fourth-order valence-corrected chi connectivity index (χ4v) is 2.30. The third-order valence-corrected chi connectivity index (χ3v) is 3.39. The molecule has 0 radical (unpaired) electrons. The van der Waals surface area contributed by atoms with Crippen LogP contribution in [-0.2, 0) is 11.3 Å². The molecule has 1 N–H and O–H groups in total. The van der Waals surface area contributed by atoms with Crippen LogP contribution in [0.4, 0.5) is 0 Å². The number of hydrogen-bond acceptors (Lipinski definition) is 3. The van der Waals surface area contributed by atoms with Crippen LogP contribution in [-0.4, -0.2) is 31.4 Å². The third-order valence-electron chi connectivity index (χ3n) is 3.39. The molecule has 0 unspecified atom stereocenters. The summed E-state index contributed by atoms with van der Waals surface area (Å²) in [7, 11) is 1.72. The summed E-state index contributed by atoms with van der Waals surface area (Å²) in [6, 6.07) is 10.1. The second-order valence-corrected chi connectivity index (χ2v) is 4.84. The largest absolute Gasteiger partial charge is 0.383 e. The summed E-state index contributed by atoms with van der Waals surface area (Å²) in [5.74, 6) is 0. The number of nitrogens with one attached hydrogen (secondary N) is 1. The van der Waals surface area contributed by atoms with Gasteiger partial charge >= 0.3 is 0 Å². The van der Waals surface area contributed by atoms with E-state index < -0.39 is 0 Å². The zero-order valence-corrected chi connectivity index (χ0v) is 11.9. The van der Waals surface area contributed by atoms with Crippen LogP contribution in [0.15, 0.2) is 30.5 Å². The Morgan fingerprint density at radius 2 is 2.15 bits per heavy atom. The minimum absolute atomic E-state index is 0.720. The van der Waals surface area contributed by atoms with E-state index in [4.69, 9.17) is 10.00 Å². The molecule has 4 heteroatoms. The van der Waals surface area contributed by atoms with Gasteiger partial charge in [-0.3, -0.25) is 0 Å². The Labute approximate surface area is 120 Å². The molecule has 4 nitrogen and oxygen atoms in total. The Hall–Kier alpha value is -1.83. The molecular weight excluding hydrogens is 250 g/mol. The van der Waals surface area contributed by atoms with Gasteiger partial charge in [0.15, 0.2) is 0 Å². The van der Waals surface area contributed by atoms with Gasteiger partial charge in [-0.2, -0.15) is 5.26 Å².